The van der Waals surface area contributed by atoms with Gasteiger partial charge in [0.1, 0.15) is 5.56 Å². The average Bonchev–Trinajstić information content (AvgIpc) is 2.78. The van der Waals surface area contributed by atoms with Crippen LogP contribution in [0.15, 0.2) is 35.1 Å². The van der Waals surface area contributed by atoms with Crippen LogP contribution < -0.4 is 25.7 Å². The largest absolute Gasteiger partial charge is 0.481 e. The number of piperidine rings is 1. The first kappa shape index (κ1) is 23.3. The second kappa shape index (κ2) is 10.3. The van der Waals surface area contributed by atoms with Gasteiger partial charge in [-0.05, 0) is 24.5 Å². The first-order valence-electron chi connectivity index (χ1n) is 10.3. The number of aromatic nitrogens is 2. The van der Waals surface area contributed by atoms with Crippen molar-refractivity contribution in [2.24, 2.45) is 5.92 Å². The monoisotopic (exact) mass is 444 g/mol. The van der Waals surface area contributed by atoms with Crippen molar-refractivity contribution in [1.29, 1.82) is 0 Å². The van der Waals surface area contributed by atoms with Gasteiger partial charge in [-0.2, -0.15) is 4.98 Å². The molecule has 0 aliphatic carbocycles. The van der Waals surface area contributed by atoms with Crippen molar-refractivity contribution in [1.82, 2.24) is 20.2 Å². The number of carbonyl (C=O) groups is 2. The van der Waals surface area contributed by atoms with Gasteiger partial charge < -0.3 is 29.8 Å². The molecule has 2 aliphatic heterocycles. The number of hydrogen-bond donors (Lipinski definition) is 3. The summed E-state index contributed by atoms with van der Waals surface area (Å²) in [6.07, 6.45) is 1.02. The van der Waals surface area contributed by atoms with Gasteiger partial charge in [0.25, 0.3) is 17.4 Å². The van der Waals surface area contributed by atoms with Crippen LogP contribution in [0.4, 0.5) is 0 Å². The number of carboxylic acid groups (broad SMARTS) is 1. The average molecular weight is 444 g/mol. The van der Waals surface area contributed by atoms with Crippen molar-refractivity contribution in [2.75, 3.05) is 33.9 Å². The summed E-state index contributed by atoms with van der Waals surface area (Å²) in [6, 6.07) is 8.57. The molecule has 172 valence electrons. The molecule has 2 aliphatic rings. The summed E-state index contributed by atoms with van der Waals surface area (Å²) in [5, 5.41) is 13.8. The molecule has 3 atom stereocenters. The molecule has 3 N–H and O–H groups in total. The highest BCUT2D eigenvalue weighted by Gasteiger charge is 2.37. The fourth-order valence-electron chi connectivity index (χ4n) is 4.32. The Morgan fingerprint density at radius 2 is 1.97 bits per heavy atom. The third kappa shape index (κ3) is 5.08. The number of carbonyl (C=O) groups excluding carboxylic acids is 1. The van der Waals surface area contributed by atoms with Crippen LogP contribution in [0, 0.1) is 5.92 Å². The van der Waals surface area contributed by atoms with Gasteiger partial charge >= 0.3 is 0 Å². The summed E-state index contributed by atoms with van der Waals surface area (Å²) in [5.74, 6) is 0.0920. The van der Waals surface area contributed by atoms with E-state index in [4.69, 9.17) is 19.4 Å². The van der Waals surface area contributed by atoms with Crippen LogP contribution in [0.2, 0.25) is 0 Å². The van der Waals surface area contributed by atoms with Crippen molar-refractivity contribution >= 4 is 11.9 Å². The summed E-state index contributed by atoms with van der Waals surface area (Å²) < 4.78 is 12.2. The van der Waals surface area contributed by atoms with Gasteiger partial charge in [-0.15, -0.1) is 0 Å². The van der Waals surface area contributed by atoms with E-state index < -0.39 is 5.97 Å². The number of nitrogens with zero attached hydrogens (tertiary/aromatic N) is 2. The molecule has 1 saturated heterocycles. The highest BCUT2D eigenvalue weighted by molar-refractivity contribution is 5.96. The number of rotatable bonds is 5. The summed E-state index contributed by atoms with van der Waals surface area (Å²) in [7, 11) is 2.97. The number of nitrogens with one attached hydrogen (secondary N) is 2. The van der Waals surface area contributed by atoms with Crippen LogP contribution in [0.3, 0.4) is 0 Å². The lowest BCUT2D eigenvalue weighted by Crippen LogP contribution is -2.50. The zero-order chi connectivity index (χ0) is 23.3. The van der Waals surface area contributed by atoms with Crippen molar-refractivity contribution in [3.63, 3.8) is 0 Å². The quantitative estimate of drug-likeness (QED) is 0.623. The van der Waals surface area contributed by atoms with E-state index in [-0.39, 0.29) is 23.4 Å². The Kier molecular flexibility index (Phi) is 7.47. The third-order valence-electron chi connectivity index (χ3n) is 5.65. The summed E-state index contributed by atoms with van der Waals surface area (Å²) in [4.78, 5) is 38.5. The van der Waals surface area contributed by atoms with Gasteiger partial charge in [-0.3, -0.25) is 14.4 Å². The molecular weight excluding hydrogens is 416 g/mol. The lowest BCUT2D eigenvalue weighted by Gasteiger charge is -2.43. The Morgan fingerprint density at radius 3 is 2.66 bits per heavy atom. The van der Waals surface area contributed by atoms with Crippen LogP contribution >= 0.6 is 0 Å². The van der Waals surface area contributed by atoms with Crippen LogP contribution in [0.5, 0.6) is 11.8 Å². The van der Waals surface area contributed by atoms with Crippen molar-refractivity contribution in [2.45, 2.75) is 25.3 Å². The maximum absolute atomic E-state index is 12.8. The number of carboxylic acids is 1. The Bertz CT molecular complexity index is 1030. The molecule has 10 nitrogen and oxygen atoms in total. The molecule has 0 saturated carbocycles. The normalized spacial score (nSPS) is 20.8. The van der Waals surface area contributed by atoms with E-state index in [9.17, 15) is 9.59 Å². The molecule has 0 aromatic carbocycles. The van der Waals surface area contributed by atoms with Crippen LogP contribution in [-0.2, 0) is 4.79 Å². The lowest BCUT2D eigenvalue weighted by molar-refractivity contribution is -0.134. The van der Waals surface area contributed by atoms with Gasteiger partial charge in [0.2, 0.25) is 11.8 Å². The molecule has 1 amide bonds. The summed E-state index contributed by atoms with van der Waals surface area (Å²) in [6.45, 7) is 3.17. The Balaban J connectivity index is 0.000000668. The Hall–Kier alpha value is -3.40. The first-order valence-corrected chi connectivity index (χ1v) is 10.3. The first-order chi connectivity index (χ1) is 15.3. The summed E-state index contributed by atoms with van der Waals surface area (Å²) in [5.41, 5.74) is 1.36. The zero-order valence-electron chi connectivity index (χ0n) is 18.3. The Morgan fingerprint density at radius 1 is 1.22 bits per heavy atom. The predicted octanol–water partition coefficient (Wildman–Crippen LogP) is 1.03. The fourth-order valence-corrected chi connectivity index (χ4v) is 4.32. The van der Waals surface area contributed by atoms with E-state index in [2.05, 4.69) is 15.6 Å². The maximum Gasteiger partial charge on any atom is 0.300 e. The molecule has 4 rings (SSSR count). The third-order valence-corrected chi connectivity index (χ3v) is 5.65. The number of fused-ring (bicyclic) bond motifs is 4. The van der Waals surface area contributed by atoms with Gasteiger partial charge in [0, 0.05) is 50.3 Å². The van der Waals surface area contributed by atoms with E-state index in [1.165, 1.54) is 14.2 Å². The molecule has 2 aromatic rings. The zero-order valence-corrected chi connectivity index (χ0v) is 18.3. The molecule has 0 radical (unpaired) electrons. The minimum absolute atomic E-state index is 0.0166. The number of amides is 1. The molecule has 2 aromatic heterocycles. The highest BCUT2D eigenvalue weighted by atomic mass is 16.5. The van der Waals surface area contributed by atoms with Gasteiger partial charge in [-0.1, -0.05) is 6.07 Å². The number of hydrogen-bond acceptors (Lipinski definition) is 7. The number of methoxy groups -OCH3 is 2. The number of pyridine rings is 2. The second-order valence-electron chi connectivity index (χ2n) is 7.72. The molecule has 0 unspecified atom stereocenters. The van der Waals surface area contributed by atoms with Crippen molar-refractivity contribution in [3.05, 3.63) is 51.9 Å². The van der Waals surface area contributed by atoms with Crippen LogP contribution in [0.25, 0.3) is 0 Å². The van der Waals surface area contributed by atoms with Gasteiger partial charge in [0.05, 0.1) is 20.3 Å². The molecule has 2 bridgehead atoms. The molecule has 4 heterocycles. The fraction of sp³-hybridized carbons (Fsp3) is 0.455. The number of ether oxygens (including phenoxy) is 2. The van der Waals surface area contributed by atoms with Gasteiger partial charge in [0.15, 0.2) is 0 Å². The second-order valence-corrected chi connectivity index (χ2v) is 7.72. The SMILES string of the molecule is CC(=O)O.COc1ccc(C(=O)NC[C@H]2[C@@H]3CNC[C@@H](C3)c3cccc(=O)n32)c(OC)n1. The number of aliphatic carboxylic acids is 1. The smallest absolute Gasteiger partial charge is 0.300 e. The van der Waals surface area contributed by atoms with E-state index in [0.29, 0.717) is 29.8 Å². The van der Waals surface area contributed by atoms with Crippen LogP contribution in [-0.4, -0.2) is 60.4 Å². The van der Waals surface area contributed by atoms with Crippen molar-refractivity contribution in [3.8, 4) is 11.8 Å². The van der Waals surface area contributed by atoms with E-state index in [1.54, 1.807) is 18.2 Å². The lowest BCUT2D eigenvalue weighted by atomic mass is 9.79. The molecular formula is C22H28N4O6. The maximum atomic E-state index is 12.8. The highest BCUT2D eigenvalue weighted by Crippen LogP contribution is 2.38. The molecule has 1 fully saturated rings. The van der Waals surface area contributed by atoms with Crippen molar-refractivity contribution < 1.29 is 24.2 Å². The predicted molar refractivity (Wildman–Crippen MR) is 116 cm³/mol. The van der Waals surface area contributed by atoms with E-state index >= 15 is 0 Å². The standard InChI is InChI=1S/C20H24N4O4.C2H4O2/c1-27-17-7-6-14(20(23-17)28-2)19(26)22-11-16-13-8-12(9-21-10-13)15-4-3-5-18(25)24(15)16;1-2(3)4/h3-7,12-13,16,21H,8-11H2,1-2H3,(H,22,26);1H3,(H,3,4)/t12-,13+,16+;/m1./s1. The van der Waals surface area contributed by atoms with Gasteiger partial charge in [-0.25, -0.2) is 0 Å². The molecule has 0 spiro atoms. The van der Waals surface area contributed by atoms with Crippen LogP contribution in [0.1, 0.15) is 41.4 Å². The minimum Gasteiger partial charge on any atom is -0.481 e. The molecule has 32 heavy (non-hydrogen) atoms. The Labute approximate surface area is 185 Å². The van der Waals surface area contributed by atoms with E-state index in [0.717, 1.165) is 32.1 Å². The minimum atomic E-state index is -0.833. The topological polar surface area (TPSA) is 132 Å². The van der Waals surface area contributed by atoms with E-state index in [1.807, 2.05) is 16.7 Å². The molecule has 10 heteroatoms. The summed E-state index contributed by atoms with van der Waals surface area (Å²) >= 11 is 0.